The van der Waals surface area contributed by atoms with Gasteiger partial charge in [0, 0.05) is 33.1 Å². The molecule has 5 nitrogen and oxygen atoms in total. The summed E-state index contributed by atoms with van der Waals surface area (Å²) in [7, 11) is 0. The van der Waals surface area contributed by atoms with E-state index < -0.39 is 5.97 Å². The monoisotopic (exact) mass is 492 g/mol. The Bertz CT molecular complexity index is 1680. The lowest BCUT2D eigenvalue weighted by atomic mass is 10.0. The molecule has 0 amide bonds. The van der Waals surface area contributed by atoms with Crippen molar-refractivity contribution in [1.29, 1.82) is 0 Å². The number of Topliss-reactive ketones (excluding diaryl/α,β-unsaturated/α-hetero) is 1. The number of carbonyl (C=O) groups is 2. The van der Waals surface area contributed by atoms with Crippen molar-refractivity contribution < 1.29 is 14.3 Å². The van der Waals surface area contributed by atoms with Gasteiger partial charge in [-0.25, -0.2) is 9.78 Å². The quantitative estimate of drug-likeness (QED) is 0.214. The van der Waals surface area contributed by atoms with Crippen LogP contribution in [0.3, 0.4) is 0 Å². The number of halogens is 1. The van der Waals surface area contributed by atoms with Gasteiger partial charge in [0.2, 0.25) is 5.78 Å². The van der Waals surface area contributed by atoms with Gasteiger partial charge in [-0.3, -0.25) is 4.79 Å². The Kier molecular flexibility index (Phi) is 5.62. The second kappa shape index (κ2) is 9.10. The van der Waals surface area contributed by atoms with Crippen LogP contribution in [-0.2, 0) is 11.2 Å². The molecule has 0 unspecified atom stereocenters. The minimum Gasteiger partial charge on any atom is -0.454 e. The van der Waals surface area contributed by atoms with Gasteiger partial charge in [-0.15, -0.1) is 0 Å². The zero-order valence-corrected chi connectivity index (χ0v) is 20.0. The minimum atomic E-state index is -0.509. The van der Waals surface area contributed by atoms with E-state index in [2.05, 4.69) is 11.1 Å². The van der Waals surface area contributed by atoms with Gasteiger partial charge >= 0.3 is 5.97 Å². The average molecular weight is 493 g/mol. The number of rotatable bonds is 5. The number of aromatic amines is 1. The van der Waals surface area contributed by atoms with Crippen molar-refractivity contribution in [3.8, 4) is 0 Å². The molecule has 0 aliphatic heterocycles. The second-order valence-electron chi connectivity index (χ2n) is 8.80. The third kappa shape index (κ3) is 3.97. The van der Waals surface area contributed by atoms with E-state index in [0.29, 0.717) is 22.6 Å². The van der Waals surface area contributed by atoms with E-state index in [0.717, 1.165) is 50.6 Å². The number of nitrogens with zero attached hydrogens (tertiary/aromatic N) is 1. The third-order valence-corrected chi connectivity index (χ3v) is 6.83. The molecule has 36 heavy (non-hydrogen) atoms. The molecule has 0 saturated heterocycles. The van der Waals surface area contributed by atoms with Crippen molar-refractivity contribution in [1.82, 2.24) is 9.97 Å². The van der Waals surface area contributed by atoms with Gasteiger partial charge in [0.25, 0.3) is 0 Å². The molecule has 5 aromatic rings. The van der Waals surface area contributed by atoms with Crippen LogP contribution in [0.25, 0.3) is 33.5 Å². The van der Waals surface area contributed by atoms with Crippen LogP contribution in [-0.4, -0.2) is 28.3 Å². The maximum atomic E-state index is 13.4. The normalized spacial score (nSPS) is 13.9. The summed E-state index contributed by atoms with van der Waals surface area (Å²) in [6.45, 7) is -0.334. The number of H-pyrrole nitrogens is 1. The third-order valence-electron chi connectivity index (χ3n) is 6.58. The number of hydrogen-bond donors (Lipinski definition) is 1. The highest BCUT2D eigenvalue weighted by Crippen LogP contribution is 2.38. The zero-order chi connectivity index (χ0) is 24.6. The van der Waals surface area contributed by atoms with Gasteiger partial charge in [-0.2, -0.15) is 0 Å². The fourth-order valence-electron chi connectivity index (χ4n) is 4.86. The fourth-order valence-corrected chi connectivity index (χ4v) is 4.98. The Balaban J connectivity index is 1.34. The number of allylic oxidation sites excluding steroid dienone is 1. The maximum Gasteiger partial charge on any atom is 0.339 e. The van der Waals surface area contributed by atoms with Crippen molar-refractivity contribution in [2.24, 2.45) is 0 Å². The molecule has 0 fully saturated rings. The van der Waals surface area contributed by atoms with E-state index in [1.165, 1.54) is 0 Å². The van der Waals surface area contributed by atoms with Gasteiger partial charge in [-0.05, 0) is 59.9 Å². The summed E-state index contributed by atoms with van der Waals surface area (Å²) in [5, 5.41) is 2.22. The molecule has 0 atom stereocenters. The second-order valence-corrected chi connectivity index (χ2v) is 9.24. The van der Waals surface area contributed by atoms with Crippen LogP contribution < -0.4 is 0 Å². The zero-order valence-electron chi connectivity index (χ0n) is 19.3. The van der Waals surface area contributed by atoms with Crippen LogP contribution in [0.5, 0.6) is 0 Å². The first-order valence-corrected chi connectivity index (χ1v) is 12.1. The van der Waals surface area contributed by atoms with E-state index in [1.807, 2.05) is 72.8 Å². The molecule has 1 aliphatic carbocycles. The summed E-state index contributed by atoms with van der Waals surface area (Å²) in [6.07, 6.45) is 5.18. The number of carbonyl (C=O) groups excluding carboxylic acids is 2. The highest BCUT2D eigenvalue weighted by molar-refractivity contribution is 6.30. The molecule has 0 radical (unpaired) electrons. The van der Waals surface area contributed by atoms with Crippen LogP contribution in [0.15, 0.2) is 79.0 Å². The van der Waals surface area contributed by atoms with Crippen LogP contribution in [0.1, 0.15) is 44.0 Å². The molecule has 2 heterocycles. The molecule has 0 bridgehead atoms. The number of benzene rings is 3. The summed E-state index contributed by atoms with van der Waals surface area (Å²) in [5.41, 5.74) is 6.32. The van der Waals surface area contributed by atoms with Gasteiger partial charge in [0.05, 0.1) is 16.8 Å². The van der Waals surface area contributed by atoms with Crippen molar-refractivity contribution in [3.05, 3.63) is 112 Å². The Morgan fingerprint density at radius 2 is 1.69 bits per heavy atom. The smallest absolute Gasteiger partial charge is 0.339 e. The lowest BCUT2D eigenvalue weighted by Crippen LogP contribution is -2.16. The minimum absolute atomic E-state index is 0.251. The summed E-state index contributed by atoms with van der Waals surface area (Å²) in [4.78, 5) is 34.3. The highest BCUT2D eigenvalue weighted by Gasteiger charge is 2.28. The number of ketones is 1. The maximum absolute atomic E-state index is 13.4. The Labute approximate surface area is 212 Å². The number of ether oxygens (including phenoxy) is 1. The van der Waals surface area contributed by atoms with Crippen LogP contribution in [0.2, 0.25) is 5.02 Å². The Morgan fingerprint density at radius 1 is 0.944 bits per heavy atom. The topological polar surface area (TPSA) is 72.1 Å². The fraction of sp³-hybridized carbons (Fsp3) is 0.100. The molecule has 1 N–H and O–H groups in total. The predicted octanol–water partition coefficient (Wildman–Crippen LogP) is 6.90. The van der Waals surface area contributed by atoms with Crippen molar-refractivity contribution in [3.63, 3.8) is 0 Å². The molecular formula is C30H21ClN2O3. The number of esters is 1. The number of hydrogen-bond acceptors (Lipinski definition) is 4. The summed E-state index contributed by atoms with van der Waals surface area (Å²) in [6, 6.07) is 22.7. The average Bonchev–Trinajstić information content (AvgIpc) is 3.51. The van der Waals surface area contributed by atoms with Gasteiger partial charge in [-0.1, -0.05) is 60.1 Å². The molecule has 6 heteroatoms. The van der Waals surface area contributed by atoms with Crippen molar-refractivity contribution in [2.45, 2.75) is 12.8 Å². The largest absolute Gasteiger partial charge is 0.454 e. The number of nitrogens with one attached hydrogen (secondary N) is 1. The van der Waals surface area contributed by atoms with Gasteiger partial charge in [0.15, 0.2) is 6.61 Å². The number of aromatic nitrogens is 2. The van der Waals surface area contributed by atoms with Crippen LogP contribution in [0.4, 0.5) is 0 Å². The van der Waals surface area contributed by atoms with Crippen LogP contribution >= 0.6 is 11.6 Å². The first-order valence-electron chi connectivity index (χ1n) is 11.7. The standard InChI is InChI=1S/C30H21ClN2O3/c31-20-12-9-18(10-13-20)15-19-11-14-23-28(22-6-2-4-8-26(22)33-29(19)23)30(35)36-17-27(34)24-16-32-25-7-3-1-5-21(24)25/h1-10,12-13,15-16,32H,11,14,17H2. The SMILES string of the molecule is O=C(OCC(=O)c1c[nH]c2ccccc12)c1c2c(nc3ccccc13)C(=Cc1ccc(Cl)cc1)CC2. The van der Waals surface area contributed by atoms with Crippen molar-refractivity contribution >= 4 is 56.8 Å². The first kappa shape index (κ1) is 22.3. The highest BCUT2D eigenvalue weighted by atomic mass is 35.5. The van der Waals surface area contributed by atoms with Gasteiger partial charge in [0.1, 0.15) is 0 Å². The first-order chi connectivity index (χ1) is 17.6. The van der Waals surface area contributed by atoms with E-state index >= 15 is 0 Å². The predicted molar refractivity (Wildman–Crippen MR) is 142 cm³/mol. The van der Waals surface area contributed by atoms with Crippen LogP contribution in [0, 0.1) is 0 Å². The molecule has 1 aliphatic rings. The van der Waals surface area contributed by atoms with Crippen molar-refractivity contribution in [2.75, 3.05) is 6.61 Å². The lowest BCUT2D eigenvalue weighted by molar-refractivity contribution is 0.0476. The Morgan fingerprint density at radius 3 is 2.53 bits per heavy atom. The Hall–Kier alpha value is -4.22. The van der Waals surface area contributed by atoms with E-state index in [1.54, 1.807) is 6.20 Å². The number of fused-ring (bicyclic) bond motifs is 3. The molecule has 176 valence electrons. The molecule has 3 aromatic carbocycles. The molecule has 2 aromatic heterocycles. The van der Waals surface area contributed by atoms with E-state index in [9.17, 15) is 9.59 Å². The van der Waals surface area contributed by atoms with E-state index in [-0.39, 0.29) is 12.4 Å². The number of para-hydroxylation sites is 2. The summed E-state index contributed by atoms with van der Waals surface area (Å²) >= 11 is 6.03. The van der Waals surface area contributed by atoms with Gasteiger partial charge < -0.3 is 9.72 Å². The molecule has 0 saturated carbocycles. The molecule has 0 spiro atoms. The molecule has 6 rings (SSSR count). The van der Waals surface area contributed by atoms with E-state index in [4.69, 9.17) is 21.3 Å². The molecular weight excluding hydrogens is 472 g/mol. The summed E-state index contributed by atoms with van der Waals surface area (Å²) < 4.78 is 5.60. The lowest BCUT2D eigenvalue weighted by Gasteiger charge is -2.12. The summed E-state index contributed by atoms with van der Waals surface area (Å²) in [5.74, 6) is -0.759. The number of pyridine rings is 1.